The molecule has 2 fully saturated rings. The number of nitrogens with zero attached hydrogens (tertiary/aromatic N) is 1. The minimum Gasteiger partial charge on any atom is -0.456 e. The van der Waals surface area contributed by atoms with Crippen LogP contribution in [-0.4, -0.2) is 36.5 Å². The molecule has 3 atom stereocenters. The molecule has 92 valence electrons. The fraction of sp³-hybridized carbons (Fsp3) is 0.615. The number of carbonyl (C=O) groups excluding carboxylic acids is 1. The summed E-state index contributed by atoms with van der Waals surface area (Å²) in [5, 5.41) is 3.40. The molecule has 1 N–H and O–H groups in total. The standard InChI is InChI=1S/C13H18N2O2/c1-8-3-4-12(17-8)13(16)15-7-10-5-14-6-11(10)9(15)2/h3-4,9-11,14H,5-7H2,1-2H3. The van der Waals surface area contributed by atoms with Gasteiger partial charge in [0.15, 0.2) is 5.76 Å². The molecule has 1 amide bonds. The lowest BCUT2D eigenvalue weighted by atomic mass is 9.95. The number of amides is 1. The van der Waals surface area contributed by atoms with Gasteiger partial charge in [-0.25, -0.2) is 0 Å². The molecule has 2 aliphatic heterocycles. The molecule has 0 bridgehead atoms. The third-order valence-electron chi connectivity index (χ3n) is 4.15. The minimum absolute atomic E-state index is 0.0417. The van der Waals surface area contributed by atoms with Gasteiger partial charge in [0.25, 0.3) is 5.91 Å². The van der Waals surface area contributed by atoms with Gasteiger partial charge in [0.1, 0.15) is 5.76 Å². The maximum Gasteiger partial charge on any atom is 0.289 e. The summed E-state index contributed by atoms with van der Waals surface area (Å²) in [4.78, 5) is 14.3. The number of aryl methyl sites for hydroxylation is 1. The van der Waals surface area contributed by atoms with Crippen LogP contribution in [0.15, 0.2) is 16.5 Å². The lowest BCUT2D eigenvalue weighted by molar-refractivity contribution is 0.0695. The molecule has 3 unspecified atom stereocenters. The predicted octanol–water partition coefficient (Wildman–Crippen LogP) is 1.27. The van der Waals surface area contributed by atoms with Crippen LogP contribution in [0.25, 0.3) is 0 Å². The molecule has 4 nitrogen and oxygen atoms in total. The zero-order valence-corrected chi connectivity index (χ0v) is 10.3. The van der Waals surface area contributed by atoms with Gasteiger partial charge in [0.05, 0.1) is 0 Å². The first-order valence-electron chi connectivity index (χ1n) is 6.25. The zero-order chi connectivity index (χ0) is 12.0. The molecular formula is C13H18N2O2. The molecular weight excluding hydrogens is 216 g/mol. The van der Waals surface area contributed by atoms with Crippen LogP contribution in [-0.2, 0) is 0 Å². The monoisotopic (exact) mass is 234 g/mol. The SMILES string of the molecule is Cc1ccc(C(=O)N2CC3CNCC3C2C)o1. The van der Waals surface area contributed by atoms with E-state index in [0.29, 0.717) is 23.6 Å². The van der Waals surface area contributed by atoms with Crippen LogP contribution in [0.4, 0.5) is 0 Å². The van der Waals surface area contributed by atoms with Crippen LogP contribution in [0.2, 0.25) is 0 Å². The van der Waals surface area contributed by atoms with Crippen LogP contribution < -0.4 is 5.32 Å². The Hall–Kier alpha value is -1.29. The van der Waals surface area contributed by atoms with E-state index in [1.165, 1.54) is 0 Å². The average molecular weight is 234 g/mol. The average Bonchev–Trinajstić information content (AvgIpc) is 2.96. The van der Waals surface area contributed by atoms with Gasteiger partial charge in [-0.05, 0) is 37.8 Å². The van der Waals surface area contributed by atoms with E-state index >= 15 is 0 Å². The van der Waals surface area contributed by atoms with E-state index in [2.05, 4.69) is 12.2 Å². The third-order valence-corrected chi connectivity index (χ3v) is 4.15. The molecule has 1 aromatic heterocycles. The van der Waals surface area contributed by atoms with Crippen molar-refractivity contribution >= 4 is 5.91 Å². The Morgan fingerprint density at radius 3 is 2.94 bits per heavy atom. The number of hydrogen-bond acceptors (Lipinski definition) is 3. The maximum atomic E-state index is 12.3. The summed E-state index contributed by atoms with van der Waals surface area (Å²) in [7, 11) is 0. The highest BCUT2D eigenvalue weighted by molar-refractivity contribution is 5.92. The number of nitrogens with one attached hydrogen (secondary N) is 1. The fourth-order valence-corrected chi connectivity index (χ4v) is 3.13. The summed E-state index contributed by atoms with van der Waals surface area (Å²) < 4.78 is 5.42. The molecule has 2 aliphatic rings. The van der Waals surface area contributed by atoms with Crippen molar-refractivity contribution in [1.29, 1.82) is 0 Å². The Morgan fingerprint density at radius 1 is 1.47 bits per heavy atom. The molecule has 0 saturated carbocycles. The summed E-state index contributed by atoms with van der Waals surface area (Å²) in [5.41, 5.74) is 0. The van der Waals surface area contributed by atoms with Gasteiger partial charge in [-0.2, -0.15) is 0 Å². The first-order valence-corrected chi connectivity index (χ1v) is 6.25. The number of rotatable bonds is 1. The minimum atomic E-state index is 0.0417. The number of likely N-dealkylation sites (tertiary alicyclic amines) is 1. The Balaban J connectivity index is 1.79. The second-order valence-electron chi connectivity index (χ2n) is 5.19. The molecule has 3 heterocycles. The van der Waals surface area contributed by atoms with Gasteiger partial charge < -0.3 is 14.6 Å². The van der Waals surface area contributed by atoms with Crippen molar-refractivity contribution in [3.05, 3.63) is 23.7 Å². The Labute approximate surface area is 101 Å². The number of furan rings is 1. The van der Waals surface area contributed by atoms with E-state index in [0.717, 1.165) is 25.4 Å². The van der Waals surface area contributed by atoms with Crippen molar-refractivity contribution in [3.63, 3.8) is 0 Å². The van der Waals surface area contributed by atoms with E-state index in [1.54, 1.807) is 6.07 Å². The van der Waals surface area contributed by atoms with E-state index in [-0.39, 0.29) is 5.91 Å². The van der Waals surface area contributed by atoms with Crippen molar-refractivity contribution in [3.8, 4) is 0 Å². The van der Waals surface area contributed by atoms with Gasteiger partial charge in [0, 0.05) is 25.7 Å². The molecule has 0 aliphatic carbocycles. The van der Waals surface area contributed by atoms with Crippen LogP contribution in [0.3, 0.4) is 0 Å². The quantitative estimate of drug-likeness (QED) is 0.796. The van der Waals surface area contributed by atoms with Crippen molar-refractivity contribution < 1.29 is 9.21 Å². The molecule has 17 heavy (non-hydrogen) atoms. The second-order valence-corrected chi connectivity index (χ2v) is 5.19. The van der Waals surface area contributed by atoms with Crippen molar-refractivity contribution in [2.45, 2.75) is 19.9 Å². The van der Waals surface area contributed by atoms with Gasteiger partial charge in [-0.15, -0.1) is 0 Å². The van der Waals surface area contributed by atoms with Gasteiger partial charge in [-0.1, -0.05) is 0 Å². The second kappa shape index (κ2) is 3.88. The highest BCUT2D eigenvalue weighted by Gasteiger charge is 2.44. The summed E-state index contributed by atoms with van der Waals surface area (Å²) in [6.45, 7) is 6.94. The molecule has 0 radical (unpaired) electrons. The first-order chi connectivity index (χ1) is 8.16. The van der Waals surface area contributed by atoms with Crippen molar-refractivity contribution in [2.24, 2.45) is 11.8 Å². The normalized spacial score (nSPS) is 31.9. The highest BCUT2D eigenvalue weighted by atomic mass is 16.3. The number of hydrogen-bond donors (Lipinski definition) is 1. The molecule has 1 aromatic rings. The Morgan fingerprint density at radius 2 is 2.29 bits per heavy atom. The molecule has 4 heteroatoms. The van der Waals surface area contributed by atoms with Crippen LogP contribution >= 0.6 is 0 Å². The van der Waals surface area contributed by atoms with Crippen LogP contribution in [0.1, 0.15) is 23.2 Å². The summed E-state index contributed by atoms with van der Waals surface area (Å²) in [5.74, 6) is 2.53. The van der Waals surface area contributed by atoms with Crippen molar-refractivity contribution in [1.82, 2.24) is 10.2 Å². The van der Waals surface area contributed by atoms with Gasteiger partial charge >= 0.3 is 0 Å². The zero-order valence-electron chi connectivity index (χ0n) is 10.3. The molecule has 0 aromatic carbocycles. The smallest absolute Gasteiger partial charge is 0.289 e. The van der Waals surface area contributed by atoms with E-state index < -0.39 is 0 Å². The molecule has 3 rings (SSSR count). The van der Waals surface area contributed by atoms with Crippen LogP contribution in [0, 0.1) is 18.8 Å². The lowest BCUT2D eigenvalue weighted by Crippen LogP contribution is -2.37. The van der Waals surface area contributed by atoms with Gasteiger partial charge in [-0.3, -0.25) is 4.79 Å². The van der Waals surface area contributed by atoms with Crippen LogP contribution in [0.5, 0.6) is 0 Å². The summed E-state index contributed by atoms with van der Waals surface area (Å²) in [6, 6.07) is 3.93. The van der Waals surface area contributed by atoms with Crippen molar-refractivity contribution in [2.75, 3.05) is 19.6 Å². The topological polar surface area (TPSA) is 45.5 Å². The maximum absolute atomic E-state index is 12.3. The first kappa shape index (κ1) is 10.8. The molecule has 0 spiro atoms. The van der Waals surface area contributed by atoms with E-state index in [1.807, 2.05) is 17.9 Å². The van der Waals surface area contributed by atoms with E-state index in [4.69, 9.17) is 4.42 Å². The fourth-order valence-electron chi connectivity index (χ4n) is 3.13. The molecule has 2 saturated heterocycles. The van der Waals surface area contributed by atoms with E-state index in [9.17, 15) is 4.79 Å². The predicted molar refractivity (Wildman–Crippen MR) is 63.8 cm³/mol. The highest BCUT2D eigenvalue weighted by Crippen LogP contribution is 2.33. The number of carbonyl (C=O) groups is 1. The summed E-state index contributed by atoms with van der Waals surface area (Å²) >= 11 is 0. The van der Waals surface area contributed by atoms with Gasteiger partial charge in [0.2, 0.25) is 0 Å². The Kier molecular flexibility index (Phi) is 2.47. The largest absolute Gasteiger partial charge is 0.456 e. The summed E-state index contributed by atoms with van der Waals surface area (Å²) in [6.07, 6.45) is 0. The number of fused-ring (bicyclic) bond motifs is 1. The third kappa shape index (κ3) is 1.67. The Bertz CT molecular complexity index is 440. The lowest BCUT2D eigenvalue weighted by Gasteiger charge is -2.23.